The summed E-state index contributed by atoms with van der Waals surface area (Å²) in [5.41, 5.74) is 0.0785. The van der Waals surface area contributed by atoms with Crippen LogP contribution in [-0.2, 0) is 18.9 Å². The highest BCUT2D eigenvalue weighted by atomic mass is 16.6. The Morgan fingerprint density at radius 1 is 0.523 bits per heavy atom. The number of carbonyl (C=O) groups is 4. The summed E-state index contributed by atoms with van der Waals surface area (Å²) in [6.45, 7) is -1.52. The largest absolute Gasteiger partial charge is 0.459 e. The first-order valence-corrected chi connectivity index (χ1v) is 13.1. The van der Waals surface area contributed by atoms with Crippen molar-refractivity contribution in [3.63, 3.8) is 0 Å². The number of ether oxygens (including phenoxy) is 4. The van der Waals surface area contributed by atoms with E-state index in [-0.39, 0.29) is 22.3 Å². The van der Waals surface area contributed by atoms with Crippen molar-refractivity contribution in [2.24, 2.45) is 0 Å². The summed E-state index contributed by atoms with van der Waals surface area (Å²) in [6.07, 6.45) is 3.19. The van der Waals surface area contributed by atoms with Crippen LogP contribution in [0, 0.1) is 0 Å². The summed E-state index contributed by atoms with van der Waals surface area (Å²) in [5, 5.41) is 22.3. The molecule has 44 heavy (non-hydrogen) atoms. The van der Waals surface area contributed by atoms with Crippen LogP contribution in [0.25, 0.3) is 0 Å². The van der Waals surface area contributed by atoms with Crippen LogP contribution < -0.4 is 0 Å². The Balaban J connectivity index is 1.60. The molecule has 226 valence electrons. The lowest BCUT2D eigenvalue weighted by Gasteiger charge is -2.32. The second kappa shape index (κ2) is 15.6. The van der Waals surface area contributed by atoms with Gasteiger partial charge in [0.2, 0.25) is 0 Å². The minimum absolute atomic E-state index is 0.0353. The van der Waals surface area contributed by atoms with Gasteiger partial charge in [-0.25, -0.2) is 19.2 Å². The first kappa shape index (κ1) is 31.3. The highest BCUT2D eigenvalue weighted by Gasteiger charge is 2.41. The highest BCUT2D eigenvalue weighted by molar-refractivity contribution is 5.91. The summed E-state index contributed by atoms with van der Waals surface area (Å²) in [7, 11) is 0. The molecular formula is C30H26N4O10. The molecule has 0 aliphatic rings. The van der Waals surface area contributed by atoms with E-state index in [2.05, 4.69) is 19.9 Å². The van der Waals surface area contributed by atoms with Crippen LogP contribution >= 0.6 is 0 Å². The summed E-state index contributed by atoms with van der Waals surface area (Å²) in [6, 6.07) is 11.6. The topological polar surface area (TPSA) is 197 Å². The third-order valence-electron chi connectivity index (χ3n) is 5.93. The Labute approximate surface area is 250 Å². The predicted octanol–water partition coefficient (Wildman–Crippen LogP) is 1.45. The molecule has 4 atom stereocenters. The molecule has 0 saturated carbocycles. The summed E-state index contributed by atoms with van der Waals surface area (Å²) >= 11 is 0. The number of esters is 4. The molecule has 14 nitrogen and oxygen atoms in total. The lowest BCUT2D eigenvalue weighted by molar-refractivity contribution is -0.134. The Bertz CT molecular complexity index is 1410. The normalized spacial score (nSPS) is 13.4. The van der Waals surface area contributed by atoms with Gasteiger partial charge in [-0.3, -0.25) is 19.9 Å². The molecule has 4 aromatic heterocycles. The number of hydrogen-bond acceptors (Lipinski definition) is 14. The summed E-state index contributed by atoms with van der Waals surface area (Å²) in [5.74, 6) is -3.74. The Morgan fingerprint density at radius 2 is 0.818 bits per heavy atom. The second-order valence-corrected chi connectivity index (χ2v) is 9.04. The SMILES string of the molecule is O=C(OC[C@@H](O)[C@@H](OC(=O)c1cccnc1)[C@H](OC(=O)c1cccnc1)[C@H](O)COC(=O)c1cccnc1)c1cccnc1. The van der Waals surface area contributed by atoms with Gasteiger partial charge < -0.3 is 29.2 Å². The Kier molecular flexibility index (Phi) is 11.1. The fourth-order valence-corrected chi connectivity index (χ4v) is 3.72. The minimum atomic E-state index is -1.85. The van der Waals surface area contributed by atoms with Gasteiger partial charge in [0.1, 0.15) is 25.4 Å². The molecule has 4 aromatic rings. The Morgan fingerprint density at radius 3 is 1.09 bits per heavy atom. The number of pyridine rings is 4. The van der Waals surface area contributed by atoms with E-state index in [1.165, 1.54) is 98.1 Å². The van der Waals surface area contributed by atoms with Gasteiger partial charge in [0.05, 0.1) is 22.3 Å². The second-order valence-electron chi connectivity index (χ2n) is 9.04. The molecule has 0 aromatic carbocycles. The first-order valence-electron chi connectivity index (χ1n) is 13.1. The van der Waals surface area contributed by atoms with Crippen molar-refractivity contribution < 1.29 is 48.3 Å². The van der Waals surface area contributed by atoms with Crippen LogP contribution in [0.5, 0.6) is 0 Å². The van der Waals surface area contributed by atoms with E-state index in [4.69, 9.17) is 18.9 Å². The van der Waals surface area contributed by atoms with E-state index in [1.54, 1.807) is 0 Å². The zero-order chi connectivity index (χ0) is 31.3. The molecule has 0 aliphatic heterocycles. The van der Waals surface area contributed by atoms with Crippen LogP contribution in [0.2, 0.25) is 0 Å². The molecule has 0 saturated heterocycles. The van der Waals surface area contributed by atoms with Crippen molar-refractivity contribution in [3.05, 3.63) is 120 Å². The molecule has 0 fully saturated rings. The fraction of sp³-hybridized carbons (Fsp3) is 0.200. The van der Waals surface area contributed by atoms with Gasteiger partial charge in [-0.05, 0) is 48.5 Å². The monoisotopic (exact) mass is 602 g/mol. The lowest BCUT2D eigenvalue weighted by Crippen LogP contribution is -2.52. The summed E-state index contributed by atoms with van der Waals surface area (Å²) in [4.78, 5) is 66.4. The molecular weight excluding hydrogens is 576 g/mol. The zero-order valence-corrected chi connectivity index (χ0v) is 22.9. The number of aliphatic hydroxyl groups is 2. The third kappa shape index (κ3) is 8.70. The smallest absolute Gasteiger partial charge is 0.340 e. The molecule has 0 bridgehead atoms. The molecule has 0 spiro atoms. The van der Waals surface area contributed by atoms with Gasteiger partial charge >= 0.3 is 23.9 Å². The van der Waals surface area contributed by atoms with Crippen molar-refractivity contribution in [2.75, 3.05) is 13.2 Å². The number of nitrogens with zero attached hydrogens (tertiary/aromatic N) is 4. The average Bonchev–Trinajstić information content (AvgIpc) is 3.08. The van der Waals surface area contributed by atoms with Gasteiger partial charge in [0, 0.05) is 49.6 Å². The minimum Gasteiger partial charge on any atom is -0.459 e. The maximum Gasteiger partial charge on any atom is 0.340 e. The quantitative estimate of drug-likeness (QED) is 0.165. The molecule has 0 aliphatic carbocycles. The molecule has 0 radical (unpaired) electrons. The number of carbonyl (C=O) groups excluding carboxylic acids is 4. The highest BCUT2D eigenvalue weighted by Crippen LogP contribution is 2.20. The first-order chi connectivity index (χ1) is 21.3. The molecule has 0 unspecified atom stereocenters. The third-order valence-corrected chi connectivity index (χ3v) is 5.93. The predicted molar refractivity (Wildman–Crippen MR) is 148 cm³/mol. The van der Waals surface area contributed by atoms with Gasteiger partial charge in [0.15, 0.2) is 12.2 Å². The molecule has 2 N–H and O–H groups in total. The van der Waals surface area contributed by atoms with Crippen LogP contribution in [0.4, 0.5) is 0 Å². The van der Waals surface area contributed by atoms with Crippen molar-refractivity contribution in [2.45, 2.75) is 24.4 Å². The van der Waals surface area contributed by atoms with E-state index in [0.717, 1.165) is 0 Å². The van der Waals surface area contributed by atoms with E-state index in [1.807, 2.05) is 0 Å². The van der Waals surface area contributed by atoms with E-state index in [0.29, 0.717) is 0 Å². The van der Waals surface area contributed by atoms with Gasteiger partial charge in [-0.15, -0.1) is 0 Å². The number of hydrogen-bond donors (Lipinski definition) is 2. The number of rotatable bonds is 13. The van der Waals surface area contributed by atoms with Crippen molar-refractivity contribution in [1.29, 1.82) is 0 Å². The van der Waals surface area contributed by atoms with Crippen molar-refractivity contribution in [3.8, 4) is 0 Å². The average molecular weight is 603 g/mol. The van der Waals surface area contributed by atoms with Gasteiger partial charge in [-0.1, -0.05) is 0 Å². The number of aromatic nitrogens is 4. The van der Waals surface area contributed by atoms with E-state index in [9.17, 15) is 29.4 Å². The van der Waals surface area contributed by atoms with Crippen LogP contribution in [0.3, 0.4) is 0 Å². The molecule has 0 amide bonds. The van der Waals surface area contributed by atoms with E-state index < -0.39 is 61.5 Å². The Hall–Kier alpha value is -5.60. The maximum atomic E-state index is 13.0. The maximum absolute atomic E-state index is 13.0. The van der Waals surface area contributed by atoms with E-state index >= 15 is 0 Å². The van der Waals surface area contributed by atoms with Crippen LogP contribution in [0.1, 0.15) is 41.4 Å². The van der Waals surface area contributed by atoms with Crippen LogP contribution in [0.15, 0.2) is 98.1 Å². The van der Waals surface area contributed by atoms with Crippen molar-refractivity contribution in [1.82, 2.24) is 19.9 Å². The lowest BCUT2D eigenvalue weighted by atomic mass is 10.0. The zero-order valence-electron chi connectivity index (χ0n) is 22.9. The van der Waals surface area contributed by atoms with Gasteiger partial charge in [0.25, 0.3) is 0 Å². The molecule has 4 heterocycles. The molecule has 14 heteroatoms. The molecule has 4 rings (SSSR count). The van der Waals surface area contributed by atoms with Crippen LogP contribution in [-0.4, -0.2) is 91.7 Å². The van der Waals surface area contributed by atoms with Crippen molar-refractivity contribution >= 4 is 23.9 Å². The van der Waals surface area contributed by atoms with Gasteiger partial charge in [-0.2, -0.15) is 0 Å². The fourth-order valence-electron chi connectivity index (χ4n) is 3.72. The number of aliphatic hydroxyl groups excluding tert-OH is 2. The standard InChI is InChI=1S/C30H26N4O10/c35-23(17-41-27(37)19-5-1-9-31-13-19)25(43-29(39)21-7-3-11-33-15-21)26(44-30(40)22-8-4-12-34-16-22)24(36)18-42-28(38)20-6-2-10-32-14-20/h1-16,23-26,35-36H,17-18H2/t23-,24-,25-,26-/m1/s1. The summed E-state index contributed by atoms with van der Waals surface area (Å²) < 4.78 is 21.4.